The highest BCUT2D eigenvalue weighted by Gasteiger charge is 2.43. The largest absolute Gasteiger partial charge is 0.456 e. The molecular weight excluding hydrogens is 330 g/mol. The Balaban J connectivity index is 2.14. The van der Waals surface area contributed by atoms with Crippen molar-refractivity contribution in [2.75, 3.05) is 6.61 Å². The number of rotatable bonds is 6. The molecule has 0 aliphatic heterocycles. The SMILES string of the molecule is N#Cc1ccccc1C(CCO)(Oc1ccc2ccccc2n1)C(N)=O. The van der Waals surface area contributed by atoms with Crippen LogP contribution in [0.1, 0.15) is 17.5 Å². The summed E-state index contributed by atoms with van der Waals surface area (Å²) in [6.45, 7) is -0.351. The number of primary amides is 1. The molecule has 3 N–H and O–H groups in total. The van der Waals surface area contributed by atoms with Crippen molar-refractivity contribution in [3.63, 3.8) is 0 Å². The average Bonchev–Trinajstić information content (AvgIpc) is 2.67. The van der Waals surface area contributed by atoms with Crippen LogP contribution >= 0.6 is 0 Å². The van der Waals surface area contributed by atoms with E-state index in [0.29, 0.717) is 11.1 Å². The average molecular weight is 347 g/mol. The van der Waals surface area contributed by atoms with Crippen LogP contribution in [0.4, 0.5) is 0 Å². The maximum atomic E-state index is 12.4. The first-order valence-electron chi connectivity index (χ1n) is 8.06. The van der Waals surface area contributed by atoms with Crippen molar-refractivity contribution >= 4 is 16.8 Å². The molecule has 1 unspecified atom stereocenters. The van der Waals surface area contributed by atoms with Crippen LogP contribution < -0.4 is 10.5 Å². The lowest BCUT2D eigenvalue weighted by Gasteiger charge is -2.31. The molecule has 0 saturated heterocycles. The molecule has 0 aliphatic carbocycles. The van der Waals surface area contributed by atoms with Gasteiger partial charge >= 0.3 is 0 Å². The molecule has 130 valence electrons. The maximum Gasteiger partial charge on any atom is 0.266 e. The predicted molar refractivity (Wildman–Crippen MR) is 96.1 cm³/mol. The molecule has 2 aromatic carbocycles. The van der Waals surface area contributed by atoms with Crippen LogP contribution in [-0.2, 0) is 10.4 Å². The molecule has 3 aromatic rings. The number of hydrogen-bond acceptors (Lipinski definition) is 5. The molecule has 1 aromatic heterocycles. The molecule has 0 radical (unpaired) electrons. The van der Waals surface area contributed by atoms with E-state index in [-0.39, 0.29) is 24.5 Å². The summed E-state index contributed by atoms with van der Waals surface area (Å²) in [6, 6.07) is 19.5. The standard InChI is InChI=1S/C20H17N3O3/c21-13-15-6-1-3-7-16(15)20(11-12-24,19(22)25)26-18-10-9-14-5-2-4-8-17(14)23-18/h1-10,24H,11-12H2,(H2,22,25). The number of carbonyl (C=O) groups is 1. The van der Waals surface area contributed by atoms with Gasteiger partial charge in [-0.25, -0.2) is 4.98 Å². The van der Waals surface area contributed by atoms with Gasteiger partial charge in [-0.1, -0.05) is 36.4 Å². The molecule has 0 spiro atoms. The smallest absolute Gasteiger partial charge is 0.266 e. The number of aliphatic hydroxyl groups is 1. The third-order valence-electron chi connectivity index (χ3n) is 4.20. The monoisotopic (exact) mass is 347 g/mol. The first-order chi connectivity index (χ1) is 12.6. The van der Waals surface area contributed by atoms with E-state index in [4.69, 9.17) is 10.5 Å². The number of benzene rings is 2. The molecule has 26 heavy (non-hydrogen) atoms. The second kappa shape index (κ2) is 7.21. The number of aliphatic hydroxyl groups excluding tert-OH is 1. The van der Waals surface area contributed by atoms with Crippen LogP contribution in [0, 0.1) is 11.3 Å². The molecule has 0 saturated carbocycles. The molecule has 1 atom stereocenters. The fourth-order valence-corrected chi connectivity index (χ4v) is 2.92. The molecule has 3 rings (SSSR count). The number of amides is 1. The summed E-state index contributed by atoms with van der Waals surface area (Å²) in [4.78, 5) is 16.8. The van der Waals surface area contributed by atoms with Crippen LogP contribution in [-0.4, -0.2) is 22.6 Å². The van der Waals surface area contributed by atoms with E-state index in [1.165, 1.54) is 0 Å². The van der Waals surface area contributed by atoms with Crippen molar-refractivity contribution in [1.82, 2.24) is 4.98 Å². The second-order valence-corrected chi connectivity index (χ2v) is 5.77. The summed E-state index contributed by atoms with van der Waals surface area (Å²) >= 11 is 0. The predicted octanol–water partition coefficient (Wildman–Crippen LogP) is 2.25. The second-order valence-electron chi connectivity index (χ2n) is 5.77. The molecule has 1 heterocycles. The Bertz CT molecular complexity index is 997. The number of ether oxygens (including phenoxy) is 1. The summed E-state index contributed by atoms with van der Waals surface area (Å²) in [6.07, 6.45) is -0.102. The quantitative estimate of drug-likeness (QED) is 0.711. The third-order valence-corrected chi connectivity index (χ3v) is 4.20. The van der Waals surface area contributed by atoms with Gasteiger partial charge < -0.3 is 15.6 Å². The van der Waals surface area contributed by atoms with Crippen molar-refractivity contribution in [2.24, 2.45) is 5.73 Å². The molecule has 6 nitrogen and oxygen atoms in total. The zero-order chi connectivity index (χ0) is 18.6. The van der Waals surface area contributed by atoms with Gasteiger partial charge in [0.25, 0.3) is 5.91 Å². The maximum absolute atomic E-state index is 12.4. The van der Waals surface area contributed by atoms with Gasteiger partial charge in [-0.15, -0.1) is 0 Å². The Morgan fingerprint density at radius 2 is 1.88 bits per heavy atom. The zero-order valence-corrected chi connectivity index (χ0v) is 13.9. The number of nitrogens with zero attached hydrogens (tertiary/aromatic N) is 2. The minimum absolute atomic E-state index is 0.102. The number of fused-ring (bicyclic) bond motifs is 1. The molecule has 6 heteroatoms. The number of carbonyl (C=O) groups excluding carboxylic acids is 1. The summed E-state index contributed by atoms with van der Waals surface area (Å²) in [5.41, 5.74) is 5.21. The molecule has 0 bridgehead atoms. The van der Waals surface area contributed by atoms with E-state index in [9.17, 15) is 15.2 Å². The van der Waals surface area contributed by atoms with Gasteiger partial charge in [-0.05, 0) is 18.2 Å². The van der Waals surface area contributed by atoms with Gasteiger partial charge in [-0.2, -0.15) is 5.26 Å². The number of para-hydroxylation sites is 1. The van der Waals surface area contributed by atoms with Crippen LogP contribution in [0.15, 0.2) is 60.7 Å². The van der Waals surface area contributed by atoms with Gasteiger partial charge in [0.2, 0.25) is 11.5 Å². The topological polar surface area (TPSA) is 109 Å². The molecular formula is C20H17N3O3. The van der Waals surface area contributed by atoms with Crippen LogP contribution in [0.25, 0.3) is 10.9 Å². The van der Waals surface area contributed by atoms with Crippen molar-refractivity contribution in [3.8, 4) is 11.9 Å². The lowest BCUT2D eigenvalue weighted by molar-refractivity contribution is -0.136. The highest BCUT2D eigenvalue weighted by Crippen LogP contribution is 2.33. The number of nitriles is 1. The van der Waals surface area contributed by atoms with E-state index in [1.54, 1.807) is 30.3 Å². The zero-order valence-electron chi connectivity index (χ0n) is 13.9. The summed E-state index contributed by atoms with van der Waals surface area (Å²) in [5, 5.41) is 19.9. The fourth-order valence-electron chi connectivity index (χ4n) is 2.92. The van der Waals surface area contributed by atoms with E-state index >= 15 is 0 Å². The van der Waals surface area contributed by atoms with Crippen molar-refractivity contribution in [3.05, 3.63) is 71.8 Å². The Morgan fingerprint density at radius 3 is 2.62 bits per heavy atom. The third kappa shape index (κ3) is 3.08. The lowest BCUT2D eigenvalue weighted by atomic mass is 9.86. The Hall–Kier alpha value is -3.43. The highest BCUT2D eigenvalue weighted by atomic mass is 16.5. The number of hydrogen-bond donors (Lipinski definition) is 2. The number of nitrogens with two attached hydrogens (primary N) is 1. The fraction of sp³-hybridized carbons (Fsp3) is 0.150. The first-order valence-corrected chi connectivity index (χ1v) is 8.06. The Kier molecular flexibility index (Phi) is 4.83. The van der Waals surface area contributed by atoms with Crippen LogP contribution in [0.3, 0.4) is 0 Å². The molecule has 0 fully saturated rings. The number of pyridine rings is 1. The van der Waals surface area contributed by atoms with Crippen LogP contribution in [0.5, 0.6) is 5.88 Å². The Labute approximate surface area is 150 Å². The van der Waals surface area contributed by atoms with Gasteiger partial charge in [-0.3, -0.25) is 4.79 Å². The Morgan fingerprint density at radius 1 is 1.15 bits per heavy atom. The lowest BCUT2D eigenvalue weighted by Crippen LogP contribution is -2.47. The van der Waals surface area contributed by atoms with E-state index in [1.807, 2.05) is 36.4 Å². The summed E-state index contributed by atoms with van der Waals surface area (Å²) in [5.74, 6) is -0.618. The van der Waals surface area contributed by atoms with E-state index in [2.05, 4.69) is 4.98 Å². The van der Waals surface area contributed by atoms with Gasteiger partial charge in [0.15, 0.2) is 0 Å². The normalized spacial score (nSPS) is 12.9. The van der Waals surface area contributed by atoms with E-state index < -0.39 is 11.5 Å². The van der Waals surface area contributed by atoms with Crippen molar-refractivity contribution in [1.29, 1.82) is 5.26 Å². The number of aromatic nitrogens is 1. The minimum atomic E-state index is -1.70. The van der Waals surface area contributed by atoms with Crippen molar-refractivity contribution < 1.29 is 14.6 Å². The summed E-state index contributed by atoms with van der Waals surface area (Å²) in [7, 11) is 0. The van der Waals surface area contributed by atoms with Gasteiger partial charge in [0.05, 0.1) is 17.1 Å². The molecule has 0 aliphatic rings. The van der Waals surface area contributed by atoms with Crippen molar-refractivity contribution in [2.45, 2.75) is 12.0 Å². The van der Waals surface area contributed by atoms with Gasteiger partial charge in [0.1, 0.15) is 0 Å². The molecule has 1 amide bonds. The van der Waals surface area contributed by atoms with E-state index in [0.717, 1.165) is 5.39 Å². The minimum Gasteiger partial charge on any atom is -0.456 e. The van der Waals surface area contributed by atoms with Gasteiger partial charge in [0, 0.05) is 30.0 Å². The highest BCUT2D eigenvalue weighted by molar-refractivity contribution is 5.86. The summed E-state index contributed by atoms with van der Waals surface area (Å²) < 4.78 is 5.94. The first kappa shape index (κ1) is 17.4. The van der Waals surface area contributed by atoms with Crippen LogP contribution in [0.2, 0.25) is 0 Å².